The number of benzene rings is 3. The van der Waals surface area contributed by atoms with E-state index < -0.39 is 9.84 Å². The van der Waals surface area contributed by atoms with Crippen molar-refractivity contribution in [3.05, 3.63) is 101 Å². The standard InChI is InChI=1S/C28H33NO4S/c1-28(2,3)29(19-26(30)24-13-9-6-10-14-24)18-23-15-16-27(25(17-23)21-34(4,31)32)33-20-22-11-7-5-8-12-22/h5-17H,18-21H2,1-4H3. The van der Waals surface area contributed by atoms with Gasteiger partial charge in [-0.1, -0.05) is 66.7 Å². The number of Topliss-reactive ketones (excluding diaryl/α,β-unsaturated/α-hetero) is 1. The first kappa shape index (κ1) is 25.7. The first-order valence-electron chi connectivity index (χ1n) is 11.3. The third-order valence-corrected chi connectivity index (χ3v) is 6.37. The van der Waals surface area contributed by atoms with E-state index in [1.165, 1.54) is 6.26 Å². The highest BCUT2D eigenvalue weighted by atomic mass is 32.2. The molecule has 0 saturated carbocycles. The molecule has 0 fully saturated rings. The maximum atomic E-state index is 12.9. The molecule has 3 rings (SSSR count). The zero-order valence-electron chi connectivity index (χ0n) is 20.3. The lowest BCUT2D eigenvalue weighted by molar-refractivity contribution is 0.0793. The summed E-state index contributed by atoms with van der Waals surface area (Å²) in [6, 6.07) is 24.7. The summed E-state index contributed by atoms with van der Waals surface area (Å²) in [5.74, 6) is 0.499. The van der Waals surface area contributed by atoms with Gasteiger partial charge < -0.3 is 4.74 Å². The van der Waals surface area contributed by atoms with E-state index in [4.69, 9.17) is 4.74 Å². The van der Waals surface area contributed by atoms with E-state index in [-0.39, 0.29) is 23.6 Å². The summed E-state index contributed by atoms with van der Waals surface area (Å²) in [7, 11) is -3.26. The van der Waals surface area contributed by atoms with E-state index in [1.807, 2.05) is 78.9 Å². The topological polar surface area (TPSA) is 63.7 Å². The van der Waals surface area contributed by atoms with Crippen molar-refractivity contribution in [3.8, 4) is 5.75 Å². The second kappa shape index (κ2) is 11.0. The van der Waals surface area contributed by atoms with Gasteiger partial charge >= 0.3 is 0 Å². The van der Waals surface area contributed by atoms with E-state index in [1.54, 1.807) is 0 Å². The Kier molecular flexibility index (Phi) is 8.28. The molecule has 0 amide bonds. The van der Waals surface area contributed by atoms with Gasteiger partial charge in [0.2, 0.25) is 0 Å². The molecule has 0 unspecified atom stereocenters. The summed E-state index contributed by atoms with van der Waals surface area (Å²) in [6.07, 6.45) is 1.22. The third-order valence-electron chi connectivity index (χ3n) is 5.53. The smallest absolute Gasteiger partial charge is 0.176 e. The molecule has 0 radical (unpaired) electrons. The van der Waals surface area contributed by atoms with E-state index in [9.17, 15) is 13.2 Å². The number of hydrogen-bond acceptors (Lipinski definition) is 5. The molecule has 3 aromatic carbocycles. The molecule has 0 aliphatic rings. The summed E-state index contributed by atoms with van der Waals surface area (Å²) < 4.78 is 30.2. The molecule has 0 heterocycles. The minimum atomic E-state index is -3.26. The minimum Gasteiger partial charge on any atom is -0.489 e. The van der Waals surface area contributed by atoms with Crippen LogP contribution in [0.4, 0.5) is 0 Å². The van der Waals surface area contributed by atoms with Gasteiger partial charge in [0, 0.05) is 29.5 Å². The Bertz CT molecular complexity index is 1200. The number of ketones is 1. The highest BCUT2D eigenvalue weighted by Gasteiger charge is 2.25. The van der Waals surface area contributed by atoms with Crippen molar-refractivity contribution in [3.63, 3.8) is 0 Å². The number of nitrogens with zero attached hydrogens (tertiary/aromatic N) is 1. The van der Waals surface area contributed by atoms with Gasteiger partial charge in [-0.2, -0.15) is 0 Å². The normalized spacial score (nSPS) is 12.0. The summed E-state index contributed by atoms with van der Waals surface area (Å²) >= 11 is 0. The van der Waals surface area contributed by atoms with Crippen molar-refractivity contribution >= 4 is 15.6 Å². The Balaban J connectivity index is 1.83. The molecule has 0 atom stereocenters. The quantitative estimate of drug-likeness (QED) is 0.370. The van der Waals surface area contributed by atoms with E-state index in [0.717, 1.165) is 11.1 Å². The molecule has 0 aliphatic heterocycles. The van der Waals surface area contributed by atoms with E-state index in [0.29, 0.717) is 30.0 Å². The lowest BCUT2D eigenvalue weighted by atomic mass is 10.0. The lowest BCUT2D eigenvalue weighted by Crippen LogP contribution is -2.43. The van der Waals surface area contributed by atoms with Crippen LogP contribution in [0.1, 0.15) is 47.8 Å². The van der Waals surface area contributed by atoms with Gasteiger partial charge in [-0.05, 0) is 44.0 Å². The van der Waals surface area contributed by atoms with Gasteiger partial charge in [0.25, 0.3) is 0 Å². The van der Waals surface area contributed by atoms with Crippen LogP contribution >= 0.6 is 0 Å². The molecule has 3 aromatic rings. The zero-order chi connectivity index (χ0) is 24.8. The fourth-order valence-electron chi connectivity index (χ4n) is 3.64. The monoisotopic (exact) mass is 479 g/mol. The molecule has 180 valence electrons. The Labute approximate surface area is 203 Å². The van der Waals surface area contributed by atoms with Crippen LogP contribution in [-0.4, -0.2) is 37.4 Å². The summed E-state index contributed by atoms with van der Waals surface area (Å²) in [5, 5.41) is 0. The third kappa shape index (κ3) is 7.82. The summed E-state index contributed by atoms with van der Waals surface area (Å²) in [6.45, 7) is 7.34. The largest absolute Gasteiger partial charge is 0.489 e. The van der Waals surface area contributed by atoms with Gasteiger partial charge in [0.05, 0.1) is 12.3 Å². The number of carbonyl (C=O) groups excluding carboxylic acids is 1. The van der Waals surface area contributed by atoms with Crippen molar-refractivity contribution in [1.82, 2.24) is 4.90 Å². The number of rotatable bonds is 10. The first-order chi connectivity index (χ1) is 16.0. The van der Waals surface area contributed by atoms with Crippen LogP contribution in [-0.2, 0) is 28.7 Å². The number of carbonyl (C=O) groups is 1. The van der Waals surface area contributed by atoms with Crippen molar-refractivity contribution in [2.24, 2.45) is 0 Å². The Morgan fingerprint density at radius 2 is 1.50 bits per heavy atom. The fourth-order valence-corrected chi connectivity index (χ4v) is 4.43. The first-order valence-corrected chi connectivity index (χ1v) is 13.4. The van der Waals surface area contributed by atoms with Crippen LogP contribution < -0.4 is 4.74 Å². The average Bonchev–Trinajstić information content (AvgIpc) is 2.77. The minimum absolute atomic E-state index is 0.0506. The molecule has 0 saturated heterocycles. The second-order valence-corrected chi connectivity index (χ2v) is 11.7. The van der Waals surface area contributed by atoms with Crippen LogP contribution in [0.2, 0.25) is 0 Å². The van der Waals surface area contributed by atoms with Crippen LogP contribution in [0, 0.1) is 0 Å². The number of hydrogen-bond donors (Lipinski definition) is 0. The number of ether oxygens (including phenoxy) is 1. The highest BCUT2D eigenvalue weighted by Crippen LogP contribution is 2.26. The predicted octanol–water partition coefficient (Wildman–Crippen LogP) is 5.29. The maximum absolute atomic E-state index is 12.9. The van der Waals surface area contributed by atoms with Gasteiger partial charge in [-0.25, -0.2) is 8.42 Å². The van der Waals surface area contributed by atoms with Gasteiger partial charge in [0.15, 0.2) is 15.6 Å². The Morgan fingerprint density at radius 3 is 2.09 bits per heavy atom. The van der Waals surface area contributed by atoms with Crippen LogP contribution in [0.5, 0.6) is 5.75 Å². The van der Waals surface area contributed by atoms with Gasteiger partial charge in [-0.3, -0.25) is 9.69 Å². The average molecular weight is 480 g/mol. The molecule has 34 heavy (non-hydrogen) atoms. The van der Waals surface area contributed by atoms with Crippen LogP contribution in [0.3, 0.4) is 0 Å². The van der Waals surface area contributed by atoms with E-state index in [2.05, 4.69) is 25.7 Å². The lowest BCUT2D eigenvalue weighted by Gasteiger charge is -2.35. The van der Waals surface area contributed by atoms with Crippen molar-refractivity contribution in [2.45, 2.75) is 45.2 Å². The molecular formula is C28H33NO4S. The molecule has 0 aliphatic carbocycles. The Hall–Kier alpha value is -2.96. The van der Waals surface area contributed by atoms with Crippen LogP contribution in [0.25, 0.3) is 0 Å². The molecule has 6 heteroatoms. The maximum Gasteiger partial charge on any atom is 0.176 e. The van der Waals surface area contributed by atoms with E-state index >= 15 is 0 Å². The molecule has 0 spiro atoms. The summed E-state index contributed by atoms with van der Waals surface area (Å²) in [5.41, 5.74) is 2.99. The Morgan fingerprint density at radius 1 is 0.882 bits per heavy atom. The molecule has 0 bridgehead atoms. The zero-order valence-corrected chi connectivity index (χ0v) is 21.1. The number of sulfone groups is 1. The van der Waals surface area contributed by atoms with Gasteiger partial charge in [0.1, 0.15) is 12.4 Å². The van der Waals surface area contributed by atoms with Crippen molar-refractivity contribution in [1.29, 1.82) is 0 Å². The van der Waals surface area contributed by atoms with Crippen molar-refractivity contribution < 1.29 is 17.9 Å². The molecule has 0 aromatic heterocycles. The second-order valence-electron chi connectivity index (χ2n) is 9.60. The molecular weight excluding hydrogens is 446 g/mol. The fraction of sp³-hybridized carbons (Fsp3) is 0.321. The summed E-state index contributed by atoms with van der Waals surface area (Å²) in [4.78, 5) is 15.0. The molecule has 0 N–H and O–H groups in total. The SMILES string of the molecule is CC(C)(C)N(CC(=O)c1ccccc1)Cc1ccc(OCc2ccccc2)c(CS(C)(=O)=O)c1. The highest BCUT2D eigenvalue weighted by molar-refractivity contribution is 7.89. The van der Waals surface area contributed by atoms with Crippen molar-refractivity contribution in [2.75, 3.05) is 12.8 Å². The van der Waals surface area contributed by atoms with Gasteiger partial charge in [-0.15, -0.1) is 0 Å². The predicted molar refractivity (Wildman–Crippen MR) is 137 cm³/mol. The molecule has 5 nitrogen and oxygen atoms in total. The van der Waals surface area contributed by atoms with Crippen LogP contribution in [0.15, 0.2) is 78.9 Å².